The molecule has 0 unspecified atom stereocenters. The second-order valence-electron chi connectivity index (χ2n) is 4.13. The van der Waals surface area contributed by atoms with Crippen molar-refractivity contribution >= 4 is 5.91 Å². The summed E-state index contributed by atoms with van der Waals surface area (Å²) in [5, 5.41) is 6.96. The summed E-state index contributed by atoms with van der Waals surface area (Å²) in [6.07, 6.45) is 4.72. The monoisotopic (exact) mass is 208 g/mol. The molecule has 82 valence electrons. The predicted octanol–water partition coefficient (Wildman–Crippen LogP) is 0.0313. The zero-order valence-corrected chi connectivity index (χ0v) is 8.86. The number of carbonyl (C=O) groups is 1. The third kappa shape index (κ3) is 1.74. The molecule has 5 heteroatoms. The Kier molecular flexibility index (Phi) is 2.48. The predicted molar refractivity (Wildman–Crippen MR) is 56.3 cm³/mol. The Balaban J connectivity index is 2.07. The number of nitrogens with two attached hydrogens (primary N) is 1. The molecule has 1 aliphatic carbocycles. The highest BCUT2D eigenvalue weighted by Crippen LogP contribution is 2.30. The summed E-state index contributed by atoms with van der Waals surface area (Å²) < 4.78 is 1.57. The Morgan fingerprint density at radius 3 is 2.87 bits per heavy atom. The van der Waals surface area contributed by atoms with Crippen molar-refractivity contribution in [2.75, 3.05) is 6.54 Å². The molecule has 0 atom stereocenters. The molecule has 15 heavy (non-hydrogen) atoms. The van der Waals surface area contributed by atoms with Crippen molar-refractivity contribution in [1.29, 1.82) is 0 Å². The first kappa shape index (κ1) is 10.2. The van der Waals surface area contributed by atoms with E-state index in [-0.39, 0.29) is 11.4 Å². The first-order valence-electron chi connectivity index (χ1n) is 5.17. The van der Waals surface area contributed by atoms with Gasteiger partial charge in [0.05, 0.1) is 5.54 Å². The molecule has 1 amide bonds. The van der Waals surface area contributed by atoms with Crippen LogP contribution in [0.3, 0.4) is 0 Å². The van der Waals surface area contributed by atoms with Gasteiger partial charge in [-0.1, -0.05) is 0 Å². The van der Waals surface area contributed by atoms with Gasteiger partial charge in [-0.05, 0) is 25.3 Å². The molecule has 5 nitrogen and oxygen atoms in total. The molecule has 2 rings (SSSR count). The van der Waals surface area contributed by atoms with Crippen LogP contribution in [0.4, 0.5) is 0 Å². The lowest BCUT2D eigenvalue weighted by molar-refractivity contribution is 0.0827. The van der Waals surface area contributed by atoms with Crippen molar-refractivity contribution in [2.24, 2.45) is 12.8 Å². The van der Waals surface area contributed by atoms with Crippen molar-refractivity contribution in [1.82, 2.24) is 15.1 Å². The van der Waals surface area contributed by atoms with Gasteiger partial charge >= 0.3 is 0 Å². The van der Waals surface area contributed by atoms with Gasteiger partial charge in [-0.2, -0.15) is 5.10 Å². The summed E-state index contributed by atoms with van der Waals surface area (Å²) in [6, 6.07) is 1.71. The Hall–Kier alpha value is -1.36. The fraction of sp³-hybridized carbons (Fsp3) is 0.600. The Labute approximate surface area is 88.6 Å². The first-order chi connectivity index (χ1) is 7.17. The van der Waals surface area contributed by atoms with Crippen LogP contribution >= 0.6 is 0 Å². The Bertz CT molecular complexity index is 362. The lowest BCUT2D eigenvalue weighted by Crippen LogP contribution is -2.58. The molecule has 0 spiro atoms. The highest BCUT2D eigenvalue weighted by Gasteiger charge is 2.37. The van der Waals surface area contributed by atoms with E-state index >= 15 is 0 Å². The molecule has 1 fully saturated rings. The van der Waals surface area contributed by atoms with E-state index < -0.39 is 0 Å². The number of amides is 1. The summed E-state index contributed by atoms with van der Waals surface area (Å²) in [7, 11) is 1.75. The summed E-state index contributed by atoms with van der Waals surface area (Å²) in [6.45, 7) is 0.511. The molecular formula is C10H16N4O. The fourth-order valence-electron chi connectivity index (χ4n) is 1.89. The molecule has 0 aliphatic heterocycles. The van der Waals surface area contributed by atoms with E-state index in [1.165, 1.54) is 0 Å². The number of hydrogen-bond donors (Lipinski definition) is 2. The van der Waals surface area contributed by atoms with Crippen LogP contribution in [-0.2, 0) is 7.05 Å². The summed E-state index contributed by atoms with van der Waals surface area (Å²) in [5.74, 6) is -0.0832. The Morgan fingerprint density at radius 2 is 2.47 bits per heavy atom. The molecule has 1 heterocycles. The molecule has 1 aromatic rings. The lowest BCUT2D eigenvalue weighted by Gasteiger charge is -2.41. The number of hydrogen-bond acceptors (Lipinski definition) is 3. The number of aryl methyl sites for hydroxylation is 1. The van der Waals surface area contributed by atoms with Crippen LogP contribution in [0.15, 0.2) is 12.3 Å². The van der Waals surface area contributed by atoms with E-state index in [1.807, 2.05) is 0 Å². The zero-order chi connectivity index (χ0) is 10.9. The average molecular weight is 208 g/mol. The maximum absolute atomic E-state index is 11.9. The fourth-order valence-corrected chi connectivity index (χ4v) is 1.89. The van der Waals surface area contributed by atoms with Crippen LogP contribution in [0.5, 0.6) is 0 Å². The van der Waals surface area contributed by atoms with Crippen molar-refractivity contribution in [3.63, 3.8) is 0 Å². The van der Waals surface area contributed by atoms with E-state index in [0.29, 0.717) is 12.2 Å². The maximum atomic E-state index is 11.9. The molecule has 0 radical (unpaired) electrons. The molecule has 0 bridgehead atoms. The van der Waals surface area contributed by atoms with Crippen molar-refractivity contribution < 1.29 is 4.79 Å². The normalized spacial score (nSPS) is 18.3. The minimum atomic E-state index is -0.165. The number of aromatic nitrogens is 2. The van der Waals surface area contributed by atoms with Crippen LogP contribution < -0.4 is 11.1 Å². The lowest BCUT2D eigenvalue weighted by atomic mass is 9.77. The van der Waals surface area contributed by atoms with Crippen molar-refractivity contribution in [2.45, 2.75) is 24.8 Å². The highest BCUT2D eigenvalue weighted by atomic mass is 16.2. The van der Waals surface area contributed by atoms with E-state index in [2.05, 4.69) is 10.4 Å². The number of nitrogens with one attached hydrogen (secondary N) is 1. The molecular weight excluding hydrogens is 192 g/mol. The van der Waals surface area contributed by atoms with Crippen molar-refractivity contribution in [3.05, 3.63) is 18.0 Å². The minimum absolute atomic E-state index is 0.0832. The quantitative estimate of drug-likeness (QED) is 0.736. The summed E-state index contributed by atoms with van der Waals surface area (Å²) >= 11 is 0. The summed E-state index contributed by atoms with van der Waals surface area (Å²) in [5.41, 5.74) is 6.08. The number of nitrogens with zero attached hydrogens (tertiary/aromatic N) is 2. The van der Waals surface area contributed by atoms with Crippen LogP contribution in [-0.4, -0.2) is 27.8 Å². The van der Waals surface area contributed by atoms with Gasteiger partial charge < -0.3 is 11.1 Å². The topological polar surface area (TPSA) is 72.9 Å². The number of rotatable bonds is 3. The Morgan fingerprint density at radius 1 is 1.73 bits per heavy atom. The highest BCUT2D eigenvalue weighted by molar-refractivity contribution is 5.93. The smallest absolute Gasteiger partial charge is 0.270 e. The van der Waals surface area contributed by atoms with Crippen LogP contribution in [0.2, 0.25) is 0 Å². The SMILES string of the molecule is Cn1nccc1C(=O)NC1(CN)CCC1. The van der Waals surface area contributed by atoms with E-state index in [0.717, 1.165) is 19.3 Å². The van der Waals surface area contributed by atoms with Crippen LogP contribution in [0.25, 0.3) is 0 Å². The van der Waals surface area contributed by atoms with Gasteiger partial charge in [0.25, 0.3) is 5.91 Å². The molecule has 1 aliphatic rings. The molecule has 0 aromatic carbocycles. The van der Waals surface area contributed by atoms with Gasteiger partial charge in [0, 0.05) is 19.8 Å². The van der Waals surface area contributed by atoms with Gasteiger partial charge in [0.15, 0.2) is 0 Å². The largest absolute Gasteiger partial charge is 0.344 e. The molecule has 3 N–H and O–H groups in total. The van der Waals surface area contributed by atoms with Gasteiger partial charge in [-0.3, -0.25) is 9.48 Å². The van der Waals surface area contributed by atoms with Gasteiger partial charge in [-0.15, -0.1) is 0 Å². The molecule has 0 saturated heterocycles. The van der Waals surface area contributed by atoms with Crippen LogP contribution in [0, 0.1) is 0 Å². The van der Waals surface area contributed by atoms with Crippen LogP contribution in [0.1, 0.15) is 29.8 Å². The second kappa shape index (κ2) is 3.66. The average Bonchev–Trinajstić information content (AvgIpc) is 2.58. The standard InChI is InChI=1S/C10H16N4O/c1-14-8(3-6-12-14)9(15)13-10(7-11)4-2-5-10/h3,6H,2,4-5,7,11H2,1H3,(H,13,15). The second-order valence-corrected chi connectivity index (χ2v) is 4.13. The molecule has 1 saturated carbocycles. The number of carbonyl (C=O) groups excluding carboxylic acids is 1. The van der Waals surface area contributed by atoms with E-state index in [1.54, 1.807) is 24.0 Å². The zero-order valence-electron chi connectivity index (χ0n) is 8.86. The van der Waals surface area contributed by atoms with Gasteiger partial charge in [0.2, 0.25) is 0 Å². The van der Waals surface area contributed by atoms with Gasteiger partial charge in [0.1, 0.15) is 5.69 Å². The third-order valence-corrected chi connectivity index (χ3v) is 3.13. The minimum Gasteiger partial charge on any atom is -0.344 e. The van der Waals surface area contributed by atoms with Gasteiger partial charge in [-0.25, -0.2) is 0 Å². The maximum Gasteiger partial charge on any atom is 0.270 e. The summed E-state index contributed by atoms with van der Waals surface area (Å²) in [4.78, 5) is 11.9. The van der Waals surface area contributed by atoms with E-state index in [9.17, 15) is 4.79 Å². The first-order valence-corrected chi connectivity index (χ1v) is 5.17. The van der Waals surface area contributed by atoms with E-state index in [4.69, 9.17) is 5.73 Å². The van der Waals surface area contributed by atoms with Crippen molar-refractivity contribution in [3.8, 4) is 0 Å². The third-order valence-electron chi connectivity index (χ3n) is 3.13. The molecule has 1 aromatic heterocycles.